The van der Waals surface area contributed by atoms with E-state index >= 15 is 0 Å². The van der Waals surface area contributed by atoms with Crippen LogP contribution < -0.4 is 10.2 Å². The molecule has 0 amide bonds. The van der Waals surface area contributed by atoms with Gasteiger partial charge >= 0.3 is 0 Å². The molecule has 2 aromatic rings. The second-order valence-electron chi connectivity index (χ2n) is 5.81. The van der Waals surface area contributed by atoms with Crippen molar-refractivity contribution in [1.29, 1.82) is 0 Å². The van der Waals surface area contributed by atoms with Crippen molar-refractivity contribution in [2.75, 3.05) is 23.8 Å². The molecule has 0 saturated carbocycles. The van der Waals surface area contributed by atoms with Gasteiger partial charge in [-0.2, -0.15) is 0 Å². The van der Waals surface area contributed by atoms with Gasteiger partial charge in [-0.3, -0.25) is 0 Å². The van der Waals surface area contributed by atoms with Crippen molar-refractivity contribution in [3.05, 3.63) is 58.9 Å². The molecule has 2 nitrogen and oxygen atoms in total. The van der Waals surface area contributed by atoms with E-state index in [1.54, 1.807) is 13.0 Å². The summed E-state index contributed by atoms with van der Waals surface area (Å²) in [6, 6.07) is 11.8. The number of anilines is 2. The molecule has 3 heteroatoms. The van der Waals surface area contributed by atoms with Crippen LogP contribution in [0.3, 0.4) is 0 Å². The molecule has 0 fully saturated rings. The summed E-state index contributed by atoms with van der Waals surface area (Å²) in [5, 5.41) is 3.37. The molecule has 1 aliphatic heterocycles. The minimum Gasteiger partial charge on any atom is -0.381 e. The Bertz CT molecular complexity index is 652. The molecule has 1 aliphatic rings. The van der Waals surface area contributed by atoms with Gasteiger partial charge in [-0.05, 0) is 60.7 Å². The summed E-state index contributed by atoms with van der Waals surface area (Å²) in [7, 11) is 2.15. The molecule has 21 heavy (non-hydrogen) atoms. The van der Waals surface area contributed by atoms with Gasteiger partial charge in [-0.15, -0.1) is 0 Å². The van der Waals surface area contributed by atoms with E-state index in [1.807, 2.05) is 6.07 Å². The van der Waals surface area contributed by atoms with Crippen molar-refractivity contribution in [1.82, 2.24) is 0 Å². The van der Waals surface area contributed by atoms with Crippen LogP contribution in [0.4, 0.5) is 15.8 Å². The highest BCUT2D eigenvalue weighted by Gasteiger charge is 2.13. The van der Waals surface area contributed by atoms with Crippen LogP contribution in [-0.4, -0.2) is 13.6 Å². The molecule has 0 saturated heterocycles. The van der Waals surface area contributed by atoms with E-state index < -0.39 is 0 Å². The Morgan fingerprint density at radius 3 is 2.86 bits per heavy atom. The molecule has 0 spiro atoms. The van der Waals surface area contributed by atoms with Crippen LogP contribution in [0.5, 0.6) is 0 Å². The number of aryl methyl sites for hydroxylation is 2. The zero-order valence-electron chi connectivity index (χ0n) is 12.6. The van der Waals surface area contributed by atoms with Crippen LogP contribution in [0.15, 0.2) is 36.4 Å². The molecule has 0 unspecified atom stereocenters. The first-order valence-electron chi connectivity index (χ1n) is 7.46. The largest absolute Gasteiger partial charge is 0.381 e. The maximum atomic E-state index is 13.3. The monoisotopic (exact) mass is 284 g/mol. The summed E-state index contributed by atoms with van der Waals surface area (Å²) in [5.41, 5.74) is 5.68. The smallest absolute Gasteiger partial charge is 0.126 e. The number of fused-ring (bicyclic) bond motifs is 1. The van der Waals surface area contributed by atoms with E-state index in [1.165, 1.54) is 29.3 Å². The highest BCUT2D eigenvalue weighted by molar-refractivity contribution is 5.56. The van der Waals surface area contributed by atoms with Gasteiger partial charge in [0.1, 0.15) is 5.82 Å². The zero-order valence-corrected chi connectivity index (χ0v) is 12.6. The van der Waals surface area contributed by atoms with E-state index in [9.17, 15) is 4.39 Å². The molecule has 0 aromatic heterocycles. The Hall–Kier alpha value is -2.03. The van der Waals surface area contributed by atoms with E-state index in [2.05, 4.69) is 35.5 Å². The van der Waals surface area contributed by atoms with E-state index in [-0.39, 0.29) is 5.82 Å². The minimum atomic E-state index is -0.155. The second kappa shape index (κ2) is 5.76. The third-order valence-electron chi connectivity index (χ3n) is 4.15. The number of nitrogens with one attached hydrogen (secondary N) is 1. The first-order chi connectivity index (χ1) is 10.1. The van der Waals surface area contributed by atoms with Crippen molar-refractivity contribution in [3.63, 3.8) is 0 Å². The number of rotatable bonds is 3. The number of halogens is 1. The Kier molecular flexibility index (Phi) is 3.82. The lowest BCUT2D eigenvalue weighted by Crippen LogP contribution is -2.24. The average Bonchev–Trinajstić information content (AvgIpc) is 2.49. The first-order valence-corrected chi connectivity index (χ1v) is 7.46. The maximum absolute atomic E-state index is 13.3. The predicted octanol–water partition coefficient (Wildman–Crippen LogP) is 4.13. The van der Waals surface area contributed by atoms with Gasteiger partial charge in [0.15, 0.2) is 0 Å². The van der Waals surface area contributed by atoms with Gasteiger partial charge in [-0.1, -0.05) is 12.1 Å². The van der Waals surface area contributed by atoms with Gasteiger partial charge in [0, 0.05) is 31.5 Å². The summed E-state index contributed by atoms with van der Waals surface area (Å²) >= 11 is 0. The van der Waals surface area contributed by atoms with Crippen LogP contribution >= 0.6 is 0 Å². The highest BCUT2D eigenvalue weighted by atomic mass is 19.1. The number of benzene rings is 2. The summed E-state index contributed by atoms with van der Waals surface area (Å²) in [6.07, 6.45) is 2.38. The van der Waals surface area contributed by atoms with Crippen LogP contribution in [-0.2, 0) is 13.0 Å². The third-order valence-corrected chi connectivity index (χ3v) is 4.15. The fourth-order valence-corrected chi connectivity index (χ4v) is 2.91. The van der Waals surface area contributed by atoms with Crippen LogP contribution in [0, 0.1) is 12.7 Å². The molecular formula is C18H21FN2. The van der Waals surface area contributed by atoms with Crippen molar-refractivity contribution in [2.45, 2.75) is 26.3 Å². The molecule has 1 N–H and O–H groups in total. The van der Waals surface area contributed by atoms with E-state index in [0.717, 1.165) is 25.2 Å². The normalized spacial score (nSPS) is 14.0. The number of hydrogen-bond donors (Lipinski definition) is 1. The minimum absolute atomic E-state index is 0.155. The quantitative estimate of drug-likeness (QED) is 0.911. The van der Waals surface area contributed by atoms with Crippen LogP contribution in [0.2, 0.25) is 0 Å². The number of nitrogens with zero attached hydrogens (tertiary/aromatic N) is 1. The van der Waals surface area contributed by atoms with Crippen molar-refractivity contribution in [3.8, 4) is 0 Å². The molecule has 0 aliphatic carbocycles. The summed E-state index contributed by atoms with van der Waals surface area (Å²) in [5.74, 6) is -0.155. The van der Waals surface area contributed by atoms with Crippen molar-refractivity contribution >= 4 is 11.4 Å². The van der Waals surface area contributed by atoms with Gasteiger partial charge in [0.2, 0.25) is 0 Å². The molecular weight excluding hydrogens is 263 g/mol. The lowest BCUT2D eigenvalue weighted by Gasteiger charge is -2.27. The van der Waals surface area contributed by atoms with Crippen LogP contribution in [0.25, 0.3) is 0 Å². The van der Waals surface area contributed by atoms with Gasteiger partial charge < -0.3 is 10.2 Å². The van der Waals surface area contributed by atoms with Gasteiger partial charge in [0.25, 0.3) is 0 Å². The molecule has 3 rings (SSSR count). The molecule has 110 valence electrons. The SMILES string of the molecule is Cc1cc(NCc2ccc3c(c2)CCCN3C)ccc1F. The van der Waals surface area contributed by atoms with E-state index in [0.29, 0.717) is 5.56 Å². The van der Waals surface area contributed by atoms with Crippen LogP contribution in [0.1, 0.15) is 23.1 Å². The van der Waals surface area contributed by atoms with Crippen molar-refractivity contribution < 1.29 is 4.39 Å². The Morgan fingerprint density at radius 1 is 1.19 bits per heavy atom. The Morgan fingerprint density at radius 2 is 2.05 bits per heavy atom. The Labute approximate surface area is 125 Å². The summed E-state index contributed by atoms with van der Waals surface area (Å²) < 4.78 is 13.3. The fourth-order valence-electron chi connectivity index (χ4n) is 2.91. The molecule has 2 aromatic carbocycles. The standard InChI is InChI=1S/C18H21FN2/c1-13-10-16(6-7-17(13)19)20-12-14-5-8-18-15(11-14)4-3-9-21(18)2/h5-8,10-11,20H,3-4,9,12H2,1-2H3. The Balaban J connectivity index is 1.72. The lowest BCUT2D eigenvalue weighted by atomic mass is 9.99. The lowest BCUT2D eigenvalue weighted by molar-refractivity contribution is 0.618. The molecule has 0 bridgehead atoms. The highest BCUT2D eigenvalue weighted by Crippen LogP contribution is 2.27. The van der Waals surface area contributed by atoms with Crippen molar-refractivity contribution in [2.24, 2.45) is 0 Å². The topological polar surface area (TPSA) is 15.3 Å². The average molecular weight is 284 g/mol. The van der Waals surface area contributed by atoms with Gasteiger partial charge in [-0.25, -0.2) is 4.39 Å². The molecule has 0 radical (unpaired) electrons. The summed E-state index contributed by atoms with van der Waals surface area (Å²) in [6.45, 7) is 3.69. The van der Waals surface area contributed by atoms with E-state index in [4.69, 9.17) is 0 Å². The summed E-state index contributed by atoms with van der Waals surface area (Å²) in [4.78, 5) is 2.32. The zero-order chi connectivity index (χ0) is 14.8. The van der Waals surface area contributed by atoms with Gasteiger partial charge in [0.05, 0.1) is 0 Å². The fraction of sp³-hybridized carbons (Fsp3) is 0.333. The third kappa shape index (κ3) is 3.02. The number of hydrogen-bond acceptors (Lipinski definition) is 2. The first kappa shape index (κ1) is 13.9. The predicted molar refractivity (Wildman–Crippen MR) is 86.5 cm³/mol. The molecule has 1 heterocycles. The maximum Gasteiger partial charge on any atom is 0.126 e. The molecule has 0 atom stereocenters. The second-order valence-corrected chi connectivity index (χ2v) is 5.81.